The summed E-state index contributed by atoms with van der Waals surface area (Å²) in [4.78, 5) is 12.4. The number of hydrogen-bond acceptors (Lipinski definition) is 3. The van der Waals surface area contributed by atoms with Gasteiger partial charge >= 0.3 is 0 Å². The van der Waals surface area contributed by atoms with Crippen LogP contribution in [0.25, 0.3) is 0 Å². The van der Waals surface area contributed by atoms with Gasteiger partial charge in [-0.1, -0.05) is 12.1 Å². The highest BCUT2D eigenvalue weighted by atomic mass is 79.9. The highest BCUT2D eigenvalue weighted by molar-refractivity contribution is 9.10. The van der Waals surface area contributed by atoms with Gasteiger partial charge in [0.05, 0.1) is 10.5 Å². The fraction of sp³-hybridized carbons (Fsp3) is 0.278. The summed E-state index contributed by atoms with van der Waals surface area (Å²) < 4.78 is 39.9. The number of benzene rings is 2. The number of hydrogen-bond donors (Lipinski definition) is 1. The lowest BCUT2D eigenvalue weighted by Gasteiger charge is -2.21. The van der Waals surface area contributed by atoms with E-state index >= 15 is 0 Å². The Labute approximate surface area is 161 Å². The van der Waals surface area contributed by atoms with E-state index in [9.17, 15) is 17.6 Å². The zero-order chi connectivity index (χ0) is 19.5. The Morgan fingerprint density at radius 1 is 1.19 bits per heavy atom. The molecule has 0 bridgehead atoms. The molecular formula is C18H20BrFN2O3S. The van der Waals surface area contributed by atoms with Crippen LogP contribution in [0.3, 0.4) is 0 Å². The van der Waals surface area contributed by atoms with E-state index in [0.717, 1.165) is 11.6 Å². The number of nitrogens with zero attached hydrogens (tertiary/aromatic N) is 1. The minimum atomic E-state index is -3.54. The third-order valence-electron chi connectivity index (χ3n) is 3.95. The molecule has 2 aromatic carbocycles. The largest absolute Gasteiger partial charge is 0.348 e. The van der Waals surface area contributed by atoms with Gasteiger partial charge in [0.1, 0.15) is 5.82 Å². The molecule has 5 nitrogen and oxygen atoms in total. The first-order chi connectivity index (χ1) is 12.1. The van der Waals surface area contributed by atoms with E-state index in [1.54, 1.807) is 26.0 Å². The lowest BCUT2D eigenvalue weighted by molar-refractivity contribution is 0.0949. The van der Waals surface area contributed by atoms with Crippen LogP contribution < -0.4 is 5.32 Å². The average Bonchev–Trinajstić information content (AvgIpc) is 2.61. The summed E-state index contributed by atoms with van der Waals surface area (Å²) in [6, 6.07) is 10.0. The van der Waals surface area contributed by atoms with Crippen molar-refractivity contribution in [1.82, 2.24) is 9.62 Å². The first kappa shape index (κ1) is 20.5. The van der Waals surface area contributed by atoms with Crippen molar-refractivity contribution in [2.45, 2.75) is 31.3 Å². The molecule has 2 rings (SSSR count). The number of halogens is 2. The number of rotatable bonds is 6. The SMILES string of the molecule is CC(C)N(C)S(=O)(=O)c1ccc(CNC(=O)c2cc(F)ccc2Br)cc1. The zero-order valence-corrected chi connectivity index (χ0v) is 17.1. The zero-order valence-electron chi connectivity index (χ0n) is 14.7. The van der Waals surface area contributed by atoms with E-state index < -0.39 is 21.7 Å². The van der Waals surface area contributed by atoms with E-state index in [4.69, 9.17) is 0 Å². The van der Waals surface area contributed by atoms with Crippen molar-refractivity contribution in [2.75, 3.05) is 7.05 Å². The van der Waals surface area contributed by atoms with E-state index in [-0.39, 0.29) is 23.0 Å². The van der Waals surface area contributed by atoms with Gasteiger partial charge in [-0.2, -0.15) is 4.31 Å². The molecule has 8 heteroatoms. The lowest BCUT2D eigenvalue weighted by atomic mass is 10.2. The Hall–Kier alpha value is -1.77. The summed E-state index contributed by atoms with van der Waals surface area (Å²) in [5.41, 5.74) is 0.930. The van der Waals surface area contributed by atoms with E-state index in [2.05, 4.69) is 21.2 Å². The number of carbonyl (C=O) groups excluding carboxylic acids is 1. The fourth-order valence-electron chi connectivity index (χ4n) is 2.17. The van der Waals surface area contributed by atoms with Crippen LogP contribution in [0.1, 0.15) is 29.8 Å². The molecule has 0 unspecified atom stereocenters. The van der Waals surface area contributed by atoms with Crippen LogP contribution in [0, 0.1) is 5.82 Å². The molecule has 0 aliphatic heterocycles. The molecule has 0 aliphatic rings. The second-order valence-corrected chi connectivity index (χ2v) is 8.92. The van der Waals surface area contributed by atoms with E-state index in [1.807, 2.05) is 0 Å². The molecule has 0 saturated heterocycles. The second kappa shape index (κ2) is 8.28. The summed E-state index contributed by atoms with van der Waals surface area (Å²) >= 11 is 3.21. The van der Waals surface area contributed by atoms with Crippen molar-refractivity contribution >= 4 is 31.9 Å². The molecule has 0 atom stereocenters. The predicted octanol–water partition coefficient (Wildman–Crippen LogP) is 3.55. The van der Waals surface area contributed by atoms with Crippen LogP contribution in [0.15, 0.2) is 51.8 Å². The molecule has 140 valence electrons. The minimum absolute atomic E-state index is 0.149. The third kappa shape index (κ3) is 4.69. The van der Waals surface area contributed by atoms with Gasteiger partial charge in [-0.3, -0.25) is 4.79 Å². The quantitative estimate of drug-likeness (QED) is 0.743. The minimum Gasteiger partial charge on any atom is -0.348 e. The summed E-state index contributed by atoms with van der Waals surface area (Å²) in [6.45, 7) is 3.79. The molecule has 2 aromatic rings. The number of sulfonamides is 1. The molecule has 0 aromatic heterocycles. The van der Waals surface area contributed by atoms with Crippen LogP contribution in [-0.2, 0) is 16.6 Å². The van der Waals surface area contributed by atoms with Gasteiger partial charge < -0.3 is 5.32 Å². The molecule has 26 heavy (non-hydrogen) atoms. The first-order valence-electron chi connectivity index (χ1n) is 7.93. The highest BCUT2D eigenvalue weighted by Gasteiger charge is 2.22. The Balaban J connectivity index is 2.08. The molecule has 0 radical (unpaired) electrons. The Morgan fingerprint density at radius 3 is 2.38 bits per heavy atom. The van der Waals surface area contributed by atoms with Crippen LogP contribution in [-0.4, -0.2) is 31.7 Å². The first-order valence-corrected chi connectivity index (χ1v) is 10.2. The third-order valence-corrected chi connectivity index (χ3v) is 6.69. The van der Waals surface area contributed by atoms with Gasteiger partial charge in [-0.25, -0.2) is 12.8 Å². The molecule has 1 N–H and O–H groups in total. The van der Waals surface area contributed by atoms with Gasteiger partial charge in [-0.15, -0.1) is 0 Å². The molecule has 1 amide bonds. The Bertz CT molecular complexity index is 899. The van der Waals surface area contributed by atoms with Crippen molar-refractivity contribution in [3.8, 4) is 0 Å². The smallest absolute Gasteiger partial charge is 0.252 e. The standard InChI is InChI=1S/C18H20BrFN2O3S/c1-12(2)22(3)26(24,25)15-7-4-13(5-8-15)11-21-18(23)16-10-14(20)6-9-17(16)19/h4-10,12H,11H2,1-3H3,(H,21,23). The van der Waals surface area contributed by atoms with Gasteiger partial charge in [0.25, 0.3) is 5.91 Å². The summed E-state index contributed by atoms with van der Waals surface area (Å²) in [7, 11) is -2.01. The second-order valence-electron chi connectivity index (χ2n) is 6.07. The van der Waals surface area contributed by atoms with Crippen LogP contribution in [0.2, 0.25) is 0 Å². The number of amides is 1. The van der Waals surface area contributed by atoms with Gasteiger partial charge in [0.2, 0.25) is 10.0 Å². The van der Waals surface area contributed by atoms with Crippen molar-refractivity contribution < 1.29 is 17.6 Å². The fourth-order valence-corrected chi connectivity index (χ4v) is 3.97. The van der Waals surface area contributed by atoms with Crippen molar-refractivity contribution in [3.05, 3.63) is 63.9 Å². The topological polar surface area (TPSA) is 66.5 Å². The molecule has 0 fully saturated rings. The monoisotopic (exact) mass is 442 g/mol. The Kier molecular flexibility index (Phi) is 6.54. The van der Waals surface area contributed by atoms with Crippen LogP contribution in [0.4, 0.5) is 4.39 Å². The molecular weight excluding hydrogens is 423 g/mol. The highest BCUT2D eigenvalue weighted by Crippen LogP contribution is 2.19. The lowest BCUT2D eigenvalue weighted by Crippen LogP contribution is -2.33. The summed E-state index contributed by atoms with van der Waals surface area (Å²) in [5, 5.41) is 2.69. The molecule has 0 saturated carbocycles. The van der Waals surface area contributed by atoms with Gasteiger partial charge in [0.15, 0.2) is 0 Å². The van der Waals surface area contributed by atoms with E-state index in [0.29, 0.717) is 4.47 Å². The number of carbonyl (C=O) groups is 1. The molecule has 0 spiro atoms. The van der Waals surface area contributed by atoms with Crippen LogP contribution >= 0.6 is 15.9 Å². The van der Waals surface area contributed by atoms with Gasteiger partial charge in [0, 0.05) is 24.1 Å². The van der Waals surface area contributed by atoms with Crippen molar-refractivity contribution in [2.24, 2.45) is 0 Å². The maximum atomic E-state index is 13.3. The predicted molar refractivity (Wildman–Crippen MR) is 102 cm³/mol. The maximum Gasteiger partial charge on any atom is 0.252 e. The summed E-state index contributed by atoms with van der Waals surface area (Å²) in [5.74, 6) is -0.921. The van der Waals surface area contributed by atoms with Gasteiger partial charge in [-0.05, 0) is 65.7 Å². The van der Waals surface area contributed by atoms with Crippen molar-refractivity contribution in [1.29, 1.82) is 0 Å². The summed E-state index contributed by atoms with van der Waals surface area (Å²) in [6.07, 6.45) is 0. The molecule has 0 aliphatic carbocycles. The maximum absolute atomic E-state index is 13.3. The van der Waals surface area contributed by atoms with Crippen molar-refractivity contribution in [3.63, 3.8) is 0 Å². The molecule has 0 heterocycles. The Morgan fingerprint density at radius 2 is 1.81 bits per heavy atom. The van der Waals surface area contributed by atoms with Crippen LogP contribution in [0.5, 0.6) is 0 Å². The number of nitrogens with one attached hydrogen (secondary N) is 1. The average molecular weight is 443 g/mol. The normalized spacial score (nSPS) is 11.8. The van der Waals surface area contributed by atoms with E-state index in [1.165, 1.54) is 35.6 Å².